The van der Waals surface area contributed by atoms with E-state index in [1.165, 1.54) is 12.1 Å². The van der Waals surface area contributed by atoms with E-state index in [1.54, 1.807) is 12.1 Å². The molecule has 0 aromatic heterocycles. The van der Waals surface area contributed by atoms with E-state index in [0.717, 1.165) is 15.6 Å². The van der Waals surface area contributed by atoms with Gasteiger partial charge in [0, 0.05) is 10.9 Å². The molecule has 3 atom stereocenters. The van der Waals surface area contributed by atoms with Crippen LogP contribution in [0.3, 0.4) is 0 Å². The van der Waals surface area contributed by atoms with Crippen LogP contribution in [0.4, 0.5) is 0 Å². The molecule has 4 rings (SSSR count). The molecule has 0 aliphatic carbocycles. The van der Waals surface area contributed by atoms with Crippen molar-refractivity contribution < 1.29 is 17.3 Å². The molecule has 0 spiro atoms. The average Bonchev–Trinajstić information content (AvgIpc) is 3.06. The molecule has 2 bridgehead atoms. The fourth-order valence-corrected chi connectivity index (χ4v) is 4.45. The highest BCUT2D eigenvalue weighted by atomic mass is 79.9. The van der Waals surface area contributed by atoms with Gasteiger partial charge in [-0.1, -0.05) is 40.2 Å². The summed E-state index contributed by atoms with van der Waals surface area (Å²) in [6, 6.07) is 14.3. The summed E-state index contributed by atoms with van der Waals surface area (Å²) in [5.74, 6) is 0. The third-order valence-corrected chi connectivity index (χ3v) is 5.98. The predicted molar refractivity (Wildman–Crippen MR) is 83.8 cm³/mol. The summed E-state index contributed by atoms with van der Waals surface area (Å²) in [6.07, 6.45) is -0.261. The Morgan fingerprint density at radius 2 is 1.73 bits per heavy atom. The zero-order valence-electron chi connectivity index (χ0n) is 11.5. The van der Waals surface area contributed by atoms with Gasteiger partial charge in [-0.15, -0.1) is 0 Å². The van der Waals surface area contributed by atoms with E-state index in [9.17, 15) is 8.42 Å². The van der Waals surface area contributed by atoms with E-state index >= 15 is 0 Å². The predicted octanol–water partition coefficient (Wildman–Crippen LogP) is 3.74. The van der Waals surface area contributed by atoms with E-state index < -0.39 is 16.2 Å². The van der Waals surface area contributed by atoms with Gasteiger partial charge in [0.05, 0.1) is 11.0 Å². The van der Waals surface area contributed by atoms with Crippen molar-refractivity contribution >= 4 is 26.0 Å². The Kier molecular flexibility index (Phi) is 3.38. The Labute approximate surface area is 137 Å². The molecule has 0 unspecified atom stereocenters. The van der Waals surface area contributed by atoms with Gasteiger partial charge in [0.25, 0.3) is 10.1 Å². The number of halogens is 1. The van der Waals surface area contributed by atoms with Crippen LogP contribution in [0, 0.1) is 0 Å². The lowest BCUT2D eigenvalue weighted by Gasteiger charge is -2.21. The van der Waals surface area contributed by atoms with Crippen LogP contribution in [-0.4, -0.2) is 14.5 Å². The fourth-order valence-electron chi connectivity index (χ4n) is 3.10. The van der Waals surface area contributed by atoms with E-state index in [1.807, 2.05) is 24.3 Å². The number of fused-ring (bicyclic) bond motifs is 5. The maximum Gasteiger partial charge on any atom is 0.297 e. The van der Waals surface area contributed by atoms with Crippen molar-refractivity contribution in [2.24, 2.45) is 0 Å². The lowest BCUT2D eigenvalue weighted by atomic mass is 9.90. The molecule has 2 aliphatic heterocycles. The van der Waals surface area contributed by atoms with Crippen LogP contribution in [0.25, 0.3) is 0 Å². The van der Waals surface area contributed by atoms with Crippen molar-refractivity contribution in [2.45, 2.75) is 29.6 Å². The van der Waals surface area contributed by atoms with E-state index in [4.69, 9.17) is 8.92 Å². The summed E-state index contributed by atoms with van der Waals surface area (Å²) in [6.45, 7) is 0. The van der Waals surface area contributed by atoms with Crippen LogP contribution in [0.1, 0.15) is 29.8 Å². The molecule has 0 radical (unpaired) electrons. The maximum absolute atomic E-state index is 12.4. The minimum Gasteiger partial charge on any atom is -0.363 e. The third-order valence-electron chi connectivity index (χ3n) is 4.10. The molecular weight excluding hydrogens is 368 g/mol. The summed E-state index contributed by atoms with van der Waals surface area (Å²) in [4.78, 5) is 0.159. The van der Waals surface area contributed by atoms with Gasteiger partial charge in [0.15, 0.2) is 0 Å². The van der Waals surface area contributed by atoms with Crippen molar-refractivity contribution in [1.29, 1.82) is 0 Å². The molecule has 2 aromatic rings. The van der Waals surface area contributed by atoms with Gasteiger partial charge in [-0.3, -0.25) is 4.18 Å². The Hall–Kier alpha value is -1.21. The molecule has 22 heavy (non-hydrogen) atoms. The van der Waals surface area contributed by atoms with Crippen molar-refractivity contribution in [1.82, 2.24) is 0 Å². The van der Waals surface area contributed by atoms with Crippen LogP contribution < -0.4 is 0 Å². The zero-order valence-corrected chi connectivity index (χ0v) is 13.9. The second-order valence-corrected chi connectivity index (χ2v) is 7.94. The highest BCUT2D eigenvalue weighted by Crippen LogP contribution is 2.52. The van der Waals surface area contributed by atoms with Gasteiger partial charge in [0.1, 0.15) is 12.2 Å². The molecule has 1 fully saturated rings. The normalized spacial score (nSPS) is 26.1. The quantitative estimate of drug-likeness (QED) is 0.761. The third kappa shape index (κ3) is 2.31. The largest absolute Gasteiger partial charge is 0.363 e. The lowest BCUT2D eigenvalue weighted by molar-refractivity contribution is 0.0397. The monoisotopic (exact) mass is 380 g/mol. The summed E-state index contributed by atoms with van der Waals surface area (Å²) in [5.41, 5.74) is 2.18. The molecule has 0 saturated carbocycles. The number of rotatable bonds is 3. The summed E-state index contributed by atoms with van der Waals surface area (Å²) in [7, 11) is -3.79. The molecule has 2 heterocycles. The number of hydrogen-bond acceptors (Lipinski definition) is 4. The highest BCUT2D eigenvalue weighted by molar-refractivity contribution is 9.10. The summed E-state index contributed by atoms with van der Waals surface area (Å²) < 4.78 is 36.9. The second kappa shape index (κ2) is 5.16. The van der Waals surface area contributed by atoms with Crippen molar-refractivity contribution in [3.8, 4) is 0 Å². The summed E-state index contributed by atoms with van der Waals surface area (Å²) >= 11 is 3.29. The topological polar surface area (TPSA) is 52.6 Å². The smallest absolute Gasteiger partial charge is 0.297 e. The molecule has 0 N–H and O–H groups in total. The van der Waals surface area contributed by atoms with E-state index in [2.05, 4.69) is 15.9 Å². The molecule has 114 valence electrons. The molecule has 2 aromatic carbocycles. The Balaban J connectivity index is 1.60. The van der Waals surface area contributed by atoms with Gasteiger partial charge in [-0.05, 0) is 35.4 Å². The molecule has 2 aliphatic rings. The first-order chi connectivity index (χ1) is 10.5. The van der Waals surface area contributed by atoms with Gasteiger partial charge in [0.2, 0.25) is 0 Å². The van der Waals surface area contributed by atoms with Gasteiger partial charge < -0.3 is 4.74 Å². The minimum absolute atomic E-state index is 0.0636. The fraction of sp³-hybridized carbons (Fsp3) is 0.250. The van der Waals surface area contributed by atoms with Crippen molar-refractivity contribution in [3.05, 3.63) is 64.1 Å². The Bertz CT molecular complexity index is 816. The Morgan fingerprint density at radius 3 is 2.45 bits per heavy atom. The zero-order chi connectivity index (χ0) is 15.3. The Morgan fingerprint density at radius 1 is 1.05 bits per heavy atom. The molecule has 6 heteroatoms. The maximum atomic E-state index is 12.4. The van der Waals surface area contributed by atoms with Gasteiger partial charge in [-0.25, -0.2) is 0 Å². The lowest BCUT2D eigenvalue weighted by Crippen LogP contribution is -2.23. The van der Waals surface area contributed by atoms with Crippen LogP contribution in [0.2, 0.25) is 0 Å². The van der Waals surface area contributed by atoms with Crippen LogP contribution in [0.5, 0.6) is 0 Å². The van der Waals surface area contributed by atoms with Crippen molar-refractivity contribution in [3.63, 3.8) is 0 Å². The van der Waals surface area contributed by atoms with Crippen LogP contribution in [-0.2, 0) is 19.0 Å². The number of benzene rings is 2. The standard InChI is InChI=1S/C16H13BrO4S/c17-10-5-7-11(8-6-10)22(18,19)21-15-9-14-12-3-1-2-4-13(12)16(15)20-14/h1-8,14-16H,9H2/t14-,15+,16+/m1/s1. The second-order valence-electron chi connectivity index (χ2n) is 5.45. The first-order valence-corrected chi connectivity index (χ1v) is 9.18. The molecule has 1 saturated heterocycles. The van der Waals surface area contributed by atoms with E-state index in [-0.39, 0.29) is 17.1 Å². The SMILES string of the molecule is O=S(=O)(O[C@H]1C[C@H]2O[C@H]1c1ccccc12)c1ccc(Br)cc1. The minimum atomic E-state index is -3.79. The molecular formula is C16H13BrO4S. The number of hydrogen-bond donors (Lipinski definition) is 0. The van der Waals surface area contributed by atoms with Crippen LogP contribution in [0.15, 0.2) is 57.9 Å². The molecule has 0 amide bonds. The molecule has 4 nitrogen and oxygen atoms in total. The first-order valence-electron chi connectivity index (χ1n) is 6.98. The highest BCUT2D eigenvalue weighted by Gasteiger charge is 2.47. The summed E-state index contributed by atoms with van der Waals surface area (Å²) in [5, 5.41) is 0. The first kappa shape index (κ1) is 14.4. The van der Waals surface area contributed by atoms with Crippen LogP contribution >= 0.6 is 15.9 Å². The van der Waals surface area contributed by atoms with Gasteiger partial charge >= 0.3 is 0 Å². The van der Waals surface area contributed by atoms with E-state index in [0.29, 0.717) is 6.42 Å². The average molecular weight is 381 g/mol. The van der Waals surface area contributed by atoms with Crippen molar-refractivity contribution in [2.75, 3.05) is 0 Å². The number of ether oxygens (including phenoxy) is 1. The van der Waals surface area contributed by atoms with Gasteiger partial charge in [-0.2, -0.15) is 8.42 Å².